The van der Waals surface area contributed by atoms with Crippen molar-refractivity contribution >= 4 is 11.6 Å². The number of rotatable bonds is 8. The first-order valence-corrected chi connectivity index (χ1v) is 10.7. The summed E-state index contributed by atoms with van der Waals surface area (Å²) in [6.45, 7) is 7.30. The van der Waals surface area contributed by atoms with E-state index in [0.29, 0.717) is 34.6 Å². The van der Waals surface area contributed by atoms with Crippen molar-refractivity contribution in [3.63, 3.8) is 0 Å². The van der Waals surface area contributed by atoms with Gasteiger partial charge >= 0.3 is 0 Å². The predicted molar refractivity (Wildman–Crippen MR) is 111 cm³/mol. The van der Waals surface area contributed by atoms with E-state index < -0.39 is 0 Å². The maximum atomic E-state index is 6.45. The number of benzene rings is 1. The Bertz CT molecular complexity index is 667. The number of ether oxygens (including phenoxy) is 2. The first kappa shape index (κ1) is 19.1. The fraction of sp³-hybridized carbons (Fsp3) is 0.652. The Morgan fingerprint density at radius 3 is 2.41 bits per heavy atom. The third-order valence-electron chi connectivity index (χ3n) is 7.25. The van der Waals surface area contributed by atoms with E-state index >= 15 is 0 Å². The Labute approximate surface area is 168 Å². The van der Waals surface area contributed by atoms with Crippen molar-refractivity contribution in [1.29, 1.82) is 0 Å². The molecule has 1 aromatic rings. The maximum absolute atomic E-state index is 6.45. The van der Waals surface area contributed by atoms with E-state index in [1.54, 1.807) is 13.2 Å². The van der Waals surface area contributed by atoms with Crippen LogP contribution in [0.4, 0.5) is 0 Å². The van der Waals surface area contributed by atoms with Crippen molar-refractivity contribution in [1.82, 2.24) is 5.32 Å². The molecule has 0 spiro atoms. The van der Waals surface area contributed by atoms with Crippen LogP contribution < -0.4 is 14.8 Å². The van der Waals surface area contributed by atoms with Gasteiger partial charge in [-0.05, 0) is 86.3 Å². The number of methoxy groups -OCH3 is 1. The average molecular weight is 390 g/mol. The van der Waals surface area contributed by atoms with Crippen molar-refractivity contribution in [2.45, 2.75) is 58.0 Å². The van der Waals surface area contributed by atoms with E-state index in [0.717, 1.165) is 29.9 Å². The van der Waals surface area contributed by atoms with Gasteiger partial charge in [-0.2, -0.15) is 0 Å². The average Bonchev–Trinajstić information content (AvgIpc) is 2.63. The molecule has 0 amide bonds. The van der Waals surface area contributed by atoms with Crippen molar-refractivity contribution in [3.05, 3.63) is 35.4 Å². The molecule has 5 rings (SSSR count). The molecule has 27 heavy (non-hydrogen) atoms. The summed E-state index contributed by atoms with van der Waals surface area (Å²) in [7, 11) is 1.65. The molecule has 4 aliphatic rings. The second-order valence-corrected chi connectivity index (χ2v) is 9.50. The monoisotopic (exact) mass is 389 g/mol. The second kappa shape index (κ2) is 7.67. The standard InChI is InChI=1S/C23H32ClNO2/c1-4-5-27-22-20(24)9-19(10-21(22)26-3)14-25-15(2)23-11-16-6-17(12-23)8-18(7-16)13-23/h4,9-10,15-18,25H,1,5-8,11-14H2,2-3H3. The molecule has 0 aliphatic heterocycles. The van der Waals surface area contributed by atoms with Crippen molar-refractivity contribution < 1.29 is 9.47 Å². The Morgan fingerprint density at radius 1 is 1.22 bits per heavy atom. The summed E-state index contributed by atoms with van der Waals surface area (Å²) >= 11 is 6.45. The highest BCUT2D eigenvalue weighted by molar-refractivity contribution is 6.32. The smallest absolute Gasteiger partial charge is 0.180 e. The van der Waals surface area contributed by atoms with E-state index in [2.05, 4.69) is 18.8 Å². The number of halogens is 1. The van der Waals surface area contributed by atoms with Crippen molar-refractivity contribution in [2.24, 2.45) is 23.2 Å². The Morgan fingerprint density at radius 2 is 1.85 bits per heavy atom. The van der Waals surface area contributed by atoms with Crippen LogP contribution in [0.1, 0.15) is 51.0 Å². The highest BCUT2D eigenvalue weighted by Gasteiger charge is 2.52. The minimum absolute atomic E-state index is 0.413. The van der Waals surface area contributed by atoms with Crippen LogP contribution >= 0.6 is 11.6 Å². The lowest BCUT2D eigenvalue weighted by molar-refractivity contribution is -0.0706. The predicted octanol–water partition coefficient (Wildman–Crippen LogP) is 5.61. The zero-order valence-electron chi connectivity index (χ0n) is 16.6. The molecule has 4 heteroatoms. The topological polar surface area (TPSA) is 30.5 Å². The SMILES string of the molecule is C=CCOc1c(Cl)cc(CNC(C)C23CC4CC(CC(C4)C2)C3)cc1OC. The van der Waals surface area contributed by atoms with E-state index in [4.69, 9.17) is 21.1 Å². The van der Waals surface area contributed by atoms with Crippen LogP contribution in [-0.2, 0) is 6.54 Å². The van der Waals surface area contributed by atoms with Gasteiger partial charge in [0, 0.05) is 12.6 Å². The number of hydrogen-bond donors (Lipinski definition) is 1. The molecule has 1 atom stereocenters. The molecule has 4 aliphatic carbocycles. The van der Waals surface area contributed by atoms with E-state index in [1.165, 1.54) is 38.5 Å². The van der Waals surface area contributed by atoms with Crippen LogP contribution in [0, 0.1) is 23.2 Å². The quantitative estimate of drug-likeness (QED) is 0.586. The maximum Gasteiger partial charge on any atom is 0.180 e. The third-order valence-corrected chi connectivity index (χ3v) is 7.53. The Kier molecular flexibility index (Phi) is 5.44. The molecule has 1 unspecified atom stereocenters. The summed E-state index contributed by atoms with van der Waals surface area (Å²) in [6.07, 6.45) is 10.4. The van der Waals surface area contributed by atoms with Crippen molar-refractivity contribution in [3.8, 4) is 11.5 Å². The number of hydrogen-bond acceptors (Lipinski definition) is 3. The van der Waals surface area contributed by atoms with Gasteiger partial charge in [-0.1, -0.05) is 24.3 Å². The van der Waals surface area contributed by atoms with Crippen LogP contribution in [0.2, 0.25) is 5.02 Å². The molecule has 4 saturated carbocycles. The largest absolute Gasteiger partial charge is 0.493 e. The minimum Gasteiger partial charge on any atom is -0.493 e. The van der Waals surface area contributed by atoms with Gasteiger partial charge in [-0.25, -0.2) is 0 Å². The summed E-state index contributed by atoms with van der Waals surface area (Å²) in [6, 6.07) is 4.55. The second-order valence-electron chi connectivity index (χ2n) is 9.09. The van der Waals surface area contributed by atoms with Gasteiger partial charge in [0.15, 0.2) is 11.5 Å². The van der Waals surface area contributed by atoms with Crippen LogP contribution in [0.15, 0.2) is 24.8 Å². The van der Waals surface area contributed by atoms with Gasteiger partial charge < -0.3 is 14.8 Å². The van der Waals surface area contributed by atoms with Gasteiger partial charge in [-0.3, -0.25) is 0 Å². The van der Waals surface area contributed by atoms with Crippen LogP contribution in [0.3, 0.4) is 0 Å². The zero-order valence-corrected chi connectivity index (χ0v) is 17.4. The molecule has 0 aromatic heterocycles. The molecular weight excluding hydrogens is 358 g/mol. The molecule has 3 nitrogen and oxygen atoms in total. The molecule has 148 valence electrons. The Hall–Kier alpha value is -1.19. The van der Waals surface area contributed by atoms with E-state index in [9.17, 15) is 0 Å². The normalized spacial score (nSPS) is 32.3. The summed E-state index contributed by atoms with van der Waals surface area (Å²) < 4.78 is 11.2. The molecule has 1 N–H and O–H groups in total. The van der Waals surface area contributed by atoms with Gasteiger partial charge in [0.05, 0.1) is 12.1 Å². The molecule has 0 saturated heterocycles. The fourth-order valence-electron chi connectivity index (χ4n) is 6.35. The molecule has 4 bridgehead atoms. The molecule has 0 radical (unpaired) electrons. The first-order valence-electron chi connectivity index (χ1n) is 10.4. The fourth-order valence-corrected chi connectivity index (χ4v) is 6.64. The number of nitrogens with one attached hydrogen (secondary N) is 1. The van der Waals surface area contributed by atoms with Gasteiger partial charge in [0.1, 0.15) is 6.61 Å². The lowest BCUT2D eigenvalue weighted by atomic mass is 9.48. The minimum atomic E-state index is 0.413. The molecule has 1 aromatic carbocycles. The van der Waals surface area contributed by atoms with Crippen LogP contribution in [0.25, 0.3) is 0 Å². The summed E-state index contributed by atoms with van der Waals surface area (Å²) in [5, 5.41) is 4.42. The third kappa shape index (κ3) is 3.73. The molecule has 0 heterocycles. The molecular formula is C23H32ClNO2. The van der Waals surface area contributed by atoms with E-state index in [-0.39, 0.29) is 0 Å². The lowest BCUT2D eigenvalue weighted by Gasteiger charge is -2.59. The van der Waals surface area contributed by atoms with Gasteiger partial charge in [-0.15, -0.1) is 0 Å². The molecule has 4 fully saturated rings. The van der Waals surface area contributed by atoms with Gasteiger partial charge in [0.2, 0.25) is 0 Å². The van der Waals surface area contributed by atoms with Crippen LogP contribution in [-0.4, -0.2) is 19.8 Å². The summed E-state index contributed by atoms with van der Waals surface area (Å²) in [5.41, 5.74) is 1.65. The van der Waals surface area contributed by atoms with E-state index in [1.807, 2.05) is 12.1 Å². The summed E-state index contributed by atoms with van der Waals surface area (Å²) in [5.74, 6) is 4.23. The van der Waals surface area contributed by atoms with Gasteiger partial charge in [0.25, 0.3) is 0 Å². The van der Waals surface area contributed by atoms with Crippen LogP contribution in [0.5, 0.6) is 11.5 Å². The highest BCUT2D eigenvalue weighted by Crippen LogP contribution is 2.61. The Balaban J connectivity index is 1.44. The summed E-state index contributed by atoms with van der Waals surface area (Å²) in [4.78, 5) is 0. The van der Waals surface area contributed by atoms with Crippen molar-refractivity contribution in [2.75, 3.05) is 13.7 Å². The highest BCUT2D eigenvalue weighted by atomic mass is 35.5. The lowest BCUT2D eigenvalue weighted by Crippen LogP contribution is -2.54. The first-order chi connectivity index (χ1) is 13.0. The zero-order chi connectivity index (χ0) is 19.0.